The monoisotopic (exact) mass is 176 g/mol. The molecule has 7 heteroatoms. The molecule has 1 heterocycles. The first kappa shape index (κ1) is 9.15. The van der Waals surface area contributed by atoms with Gasteiger partial charge in [0.15, 0.2) is 0 Å². The maximum Gasteiger partial charge on any atom is 0.492 e. The summed E-state index contributed by atoms with van der Waals surface area (Å²) < 4.78 is 25.3. The van der Waals surface area contributed by atoms with Crippen LogP contribution in [0.2, 0.25) is 0 Å². The largest absolute Gasteiger partial charge is 0.492 e. The van der Waals surface area contributed by atoms with E-state index >= 15 is 0 Å². The maximum absolute atomic E-state index is 12.1. The summed E-state index contributed by atoms with van der Waals surface area (Å²) in [7, 11) is -0.472. The molecule has 0 spiro atoms. The quantitative estimate of drug-likeness (QED) is 0.570. The van der Waals surface area contributed by atoms with E-state index < -0.39 is 19.2 Å². The molecule has 66 valence electrons. The minimum Gasteiger partial charge on any atom is -0.423 e. The van der Waals surface area contributed by atoms with Crippen molar-refractivity contribution >= 4 is 12.6 Å². The lowest BCUT2D eigenvalue weighted by atomic mass is 9.80. The summed E-state index contributed by atoms with van der Waals surface area (Å²) >= 11 is 0. The molecular formula is C5H7BF2N2O2. The topological polar surface area (TPSA) is 58.3 Å². The van der Waals surface area contributed by atoms with Crippen LogP contribution in [0, 0.1) is 0 Å². The van der Waals surface area contributed by atoms with E-state index in [9.17, 15) is 8.78 Å². The van der Waals surface area contributed by atoms with Gasteiger partial charge in [-0.05, 0) is 0 Å². The summed E-state index contributed by atoms with van der Waals surface area (Å²) in [5, 5.41) is 20.6. The molecule has 0 amide bonds. The molecule has 0 aliphatic heterocycles. The standard InChI is InChI=1S/C5H7BF2N2O2/c1-10-2-3(6(11)12)4(9-10)5(7)8/h2,5,11-12H,1H3. The van der Waals surface area contributed by atoms with Crippen LogP contribution in [0.5, 0.6) is 0 Å². The Bertz CT molecular complexity index is 251. The van der Waals surface area contributed by atoms with Crippen LogP contribution >= 0.6 is 0 Å². The van der Waals surface area contributed by atoms with Crippen molar-refractivity contribution in [3.8, 4) is 0 Å². The van der Waals surface area contributed by atoms with Crippen LogP contribution in [0.25, 0.3) is 0 Å². The van der Waals surface area contributed by atoms with Gasteiger partial charge in [-0.2, -0.15) is 5.10 Å². The molecule has 0 aromatic carbocycles. The van der Waals surface area contributed by atoms with E-state index in [4.69, 9.17) is 10.0 Å². The second kappa shape index (κ2) is 3.20. The van der Waals surface area contributed by atoms with Crippen molar-refractivity contribution in [1.82, 2.24) is 9.78 Å². The average molecular weight is 176 g/mol. The predicted octanol–water partition coefficient (Wildman–Crippen LogP) is -0.962. The van der Waals surface area contributed by atoms with E-state index in [1.165, 1.54) is 7.05 Å². The molecule has 0 fully saturated rings. The molecule has 0 aliphatic rings. The molecule has 2 N–H and O–H groups in total. The number of aromatic nitrogens is 2. The Balaban J connectivity index is 3.08. The molecule has 0 radical (unpaired) electrons. The van der Waals surface area contributed by atoms with Crippen molar-refractivity contribution in [1.29, 1.82) is 0 Å². The summed E-state index contributed by atoms with van der Waals surface area (Å²) in [6.45, 7) is 0. The van der Waals surface area contributed by atoms with E-state index in [1.54, 1.807) is 0 Å². The van der Waals surface area contributed by atoms with Crippen molar-refractivity contribution < 1.29 is 18.8 Å². The smallest absolute Gasteiger partial charge is 0.423 e. The van der Waals surface area contributed by atoms with Crippen molar-refractivity contribution in [2.75, 3.05) is 0 Å². The first-order valence-electron chi connectivity index (χ1n) is 3.20. The average Bonchev–Trinajstić information content (AvgIpc) is 2.31. The fourth-order valence-corrected chi connectivity index (χ4v) is 0.893. The van der Waals surface area contributed by atoms with Crippen molar-refractivity contribution in [2.24, 2.45) is 7.05 Å². The van der Waals surface area contributed by atoms with E-state index in [-0.39, 0.29) is 5.46 Å². The molecule has 0 saturated carbocycles. The third-order valence-corrected chi connectivity index (χ3v) is 1.37. The highest BCUT2D eigenvalue weighted by atomic mass is 19.3. The summed E-state index contributed by atoms with van der Waals surface area (Å²) in [5.41, 5.74) is -0.847. The Morgan fingerprint density at radius 3 is 2.50 bits per heavy atom. The molecule has 0 bridgehead atoms. The minimum atomic E-state index is -2.79. The predicted molar refractivity (Wildman–Crippen MR) is 38.0 cm³/mol. The third kappa shape index (κ3) is 1.62. The molecule has 1 aromatic rings. The number of alkyl halides is 2. The van der Waals surface area contributed by atoms with Crippen LogP contribution < -0.4 is 5.46 Å². The lowest BCUT2D eigenvalue weighted by molar-refractivity contribution is 0.146. The minimum absolute atomic E-state index is 0.257. The van der Waals surface area contributed by atoms with Gasteiger partial charge in [0.05, 0.1) is 0 Å². The van der Waals surface area contributed by atoms with Gasteiger partial charge < -0.3 is 10.0 Å². The van der Waals surface area contributed by atoms with Crippen LogP contribution in [0.15, 0.2) is 6.20 Å². The zero-order chi connectivity index (χ0) is 9.30. The van der Waals surface area contributed by atoms with E-state index in [0.29, 0.717) is 0 Å². The van der Waals surface area contributed by atoms with Gasteiger partial charge in [-0.15, -0.1) is 0 Å². The number of nitrogens with zero attached hydrogens (tertiary/aromatic N) is 2. The number of hydrogen-bond donors (Lipinski definition) is 2. The normalized spacial score (nSPS) is 10.8. The Kier molecular flexibility index (Phi) is 2.44. The fraction of sp³-hybridized carbons (Fsp3) is 0.400. The molecule has 0 aliphatic carbocycles. The van der Waals surface area contributed by atoms with E-state index in [1.807, 2.05) is 0 Å². The molecular weight excluding hydrogens is 169 g/mol. The van der Waals surface area contributed by atoms with Crippen molar-refractivity contribution in [2.45, 2.75) is 6.43 Å². The third-order valence-electron chi connectivity index (χ3n) is 1.37. The van der Waals surface area contributed by atoms with Crippen LogP contribution in [-0.2, 0) is 7.05 Å². The van der Waals surface area contributed by atoms with Gasteiger partial charge in [-0.25, -0.2) is 8.78 Å². The lowest BCUT2D eigenvalue weighted by Gasteiger charge is -1.97. The highest BCUT2D eigenvalue weighted by Crippen LogP contribution is 2.13. The summed E-state index contributed by atoms with van der Waals surface area (Å²) in [5.74, 6) is 0. The van der Waals surface area contributed by atoms with Gasteiger partial charge in [-0.3, -0.25) is 4.68 Å². The second-order valence-corrected chi connectivity index (χ2v) is 2.32. The summed E-state index contributed by atoms with van der Waals surface area (Å²) in [4.78, 5) is 0. The highest BCUT2D eigenvalue weighted by molar-refractivity contribution is 6.59. The van der Waals surface area contributed by atoms with Gasteiger partial charge in [0.1, 0.15) is 5.69 Å². The first-order valence-corrected chi connectivity index (χ1v) is 3.20. The zero-order valence-corrected chi connectivity index (χ0v) is 6.28. The molecule has 4 nitrogen and oxygen atoms in total. The van der Waals surface area contributed by atoms with Gasteiger partial charge in [0, 0.05) is 18.7 Å². The van der Waals surface area contributed by atoms with E-state index in [2.05, 4.69) is 5.10 Å². The van der Waals surface area contributed by atoms with Crippen LogP contribution in [0.3, 0.4) is 0 Å². The maximum atomic E-state index is 12.1. The van der Waals surface area contributed by atoms with Crippen LogP contribution in [0.1, 0.15) is 12.1 Å². The van der Waals surface area contributed by atoms with Crippen LogP contribution in [0.4, 0.5) is 8.78 Å². The Labute approximate surface area is 67.6 Å². The van der Waals surface area contributed by atoms with Gasteiger partial charge in [0.25, 0.3) is 6.43 Å². The molecule has 12 heavy (non-hydrogen) atoms. The Hall–Kier alpha value is -0.945. The molecule has 0 unspecified atom stereocenters. The summed E-state index contributed by atoms with van der Waals surface area (Å²) in [6, 6.07) is 0. The molecule has 0 atom stereocenters. The fourth-order valence-electron chi connectivity index (χ4n) is 0.893. The molecule has 1 aromatic heterocycles. The SMILES string of the molecule is Cn1cc(B(O)O)c(C(F)F)n1. The molecule has 0 saturated heterocycles. The lowest BCUT2D eigenvalue weighted by Crippen LogP contribution is -2.31. The number of hydrogen-bond acceptors (Lipinski definition) is 3. The van der Waals surface area contributed by atoms with Gasteiger partial charge in [0.2, 0.25) is 0 Å². The first-order chi connectivity index (χ1) is 5.52. The number of rotatable bonds is 2. The van der Waals surface area contributed by atoms with Crippen LogP contribution in [-0.4, -0.2) is 26.9 Å². The highest BCUT2D eigenvalue weighted by Gasteiger charge is 2.24. The van der Waals surface area contributed by atoms with Crippen molar-refractivity contribution in [3.63, 3.8) is 0 Å². The van der Waals surface area contributed by atoms with Gasteiger partial charge >= 0.3 is 7.12 Å². The Morgan fingerprint density at radius 2 is 2.17 bits per heavy atom. The zero-order valence-electron chi connectivity index (χ0n) is 6.28. The van der Waals surface area contributed by atoms with E-state index in [0.717, 1.165) is 10.9 Å². The Morgan fingerprint density at radius 1 is 1.58 bits per heavy atom. The number of halogens is 2. The molecule has 1 rings (SSSR count). The number of aryl methyl sites for hydroxylation is 1. The second-order valence-electron chi connectivity index (χ2n) is 2.32. The van der Waals surface area contributed by atoms with Crippen molar-refractivity contribution in [3.05, 3.63) is 11.9 Å². The van der Waals surface area contributed by atoms with Gasteiger partial charge in [-0.1, -0.05) is 0 Å². The summed E-state index contributed by atoms with van der Waals surface area (Å²) in [6.07, 6.45) is -1.64.